The fraction of sp³-hybridized carbons (Fsp3) is 0.500. The summed E-state index contributed by atoms with van der Waals surface area (Å²) in [5, 5.41) is 0. The summed E-state index contributed by atoms with van der Waals surface area (Å²) in [6.45, 7) is 7.50. The van der Waals surface area contributed by atoms with Gasteiger partial charge in [0.1, 0.15) is 11.4 Å². The van der Waals surface area contributed by atoms with Crippen molar-refractivity contribution >= 4 is 17.4 Å². The van der Waals surface area contributed by atoms with Crippen LogP contribution in [0.3, 0.4) is 0 Å². The van der Waals surface area contributed by atoms with Crippen molar-refractivity contribution in [2.75, 3.05) is 26.7 Å². The van der Waals surface area contributed by atoms with E-state index in [1.54, 1.807) is 7.11 Å². The summed E-state index contributed by atoms with van der Waals surface area (Å²) in [4.78, 5) is 29.6. The Hall–Kier alpha value is -2.34. The highest BCUT2D eigenvalue weighted by molar-refractivity contribution is 6.36. The summed E-state index contributed by atoms with van der Waals surface area (Å²) in [5.74, 6) is 0.121. The topological polar surface area (TPSA) is 59.1 Å². The van der Waals surface area contributed by atoms with Crippen LogP contribution in [0.15, 0.2) is 30.0 Å². The third kappa shape index (κ3) is 3.21. The zero-order valence-corrected chi connectivity index (χ0v) is 15.8. The Bertz CT molecular complexity index is 733. The molecule has 2 heterocycles. The third-order valence-corrected chi connectivity index (χ3v) is 4.70. The van der Waals surface area contributed by atoms with Gasteiger partial charge in [0.25, 0.3) is 11.8 Å². The second kappa shape index (κ2) is 7.50. The molecular formula is C20H26N2O4. The second-order valence-electron chi connectivity index (χ2n) is 6.85. The van der Waals surface area contributed by atoms with Crippen LogP contribution < -0.4 is 4.74 Å². The fourth-order valence-electron chi connectivity index (χ4n) is 3.74. The van der Waals surface area contributed by atoms with Crippen LogP contribution in [0.2, 0.25) is 0 Å². The van der Waals surface area contributed by atoms with E-state index in [1.165, 1.54) is 4.90 Å². The van der Waals surface area contributed by atoms with Crippen molar-refractivity contribution < 1.29 is 19.1 Å². The highest BCUT2D eigenvalue weighted by Crippen LogP contribution is 2.37. The number of hydrogen-bond acceptors (Lipinski definition) is 5. The maximum absolute atomic E-state index is 13.1. The Balaban J connectivity index is 2.13. The lowest BCUT2D eigenvalue weighted by Crippen LogP contribution is -2.47. The molecular weight excluding hydrogens is 332 g/mol. The van der Waals surface area contributed by atoms with E-state index < -0.39 is 0 Å². The minimum absolute atomic E-state index is 0.00621. The van der Waals surface area contributed by atoms with Gasteiger partial charge in [-0.2, -0.15) is 0 Å². The van der Waals surface area contributed by atoms with Crippen LogP contribution in [-0.2, 0) is 14.3 Å². The van der Waals surface area contributed by atoms with Crippen LogP contribution in [-0.4, -0.2) is 60.6 Å². The summed E-state index contributed by atoms with van der Waals surface area (Å²) in [6, 6.07) is 7.35. The van der Waals surface area contributed by atoms with Gasteiger partial charge < -0.3 is 14.4 Å². The zero-order valence-electron chi connectivity index (χ0n) is 15.8. The highest BCUT2D eigenvalue weighted by atomic mass is 16.5. The van der Waals surface area contributed by atoms with E-state index in [0.717, 1.165) is 6.42 Å². The van der Waals surface area contributed by atoms with Gasteiger partial charge in [-0.25, -0.2) is 0 Å². The van der Waals surface area contributed by atoms with Crippen LogP contribution in [0.1, 0.15) is 32.8 Å². The second-order valence-corrected chi connectivity index (χ2v) is 6.85. The van der Waals surface area contributed by atoms with E-state index in [0.29, 0.717) is 42.2 Å². The van der Waals surface area contributed by atoms with Gasteiger partial charge in [0.05, 0.1) is 24.9 Å². The minimum atomic E-state index is -0.247. The first kappa shape index (κ1) is 18.5. The molecule has 0 aliphatic carbocycles. The van der Waals surface area contributed by atoms with Crippen molar-refractivity contribution in [3.05, 3.63) is 35.5 Å². The SMILES string of the molecule is CCCN1C(=O)C(c2ccccc2OC)=C(N2CC(C)OC(C)C2)C1=O. The molecule has 1 aromatic carbocycles. The minimum Gasteiger partial charge on any atom is -0.496 e. The molecule has 26 heavy (non-hydrogen) atoms. The van der Waals surface area contributed by atoms with Gasteiger partial charge in [0.15, 0.2) is 0 Å². The molecule has 0 bridgehead atoms. The Morgan fingerprint density at radius 1 is 1.12 bits per heavy atom. The number of hydrogen-bond donors (Lipinski definition) is 0. The van der Waals surface area contributed by atoms with Gasteiger partial charge >= 0.3 is 0 Å². The molecule has 1 saturated heterocycles. The Kier molecular flexibility index (Phi) is 5.32. The number of benzene rings is 1. The lowest BCUT2D eigenvalue weighted by atomic mass is 10.0. The number of carbonyl (C=O) groups is 2. The monoisotopic (exact) mass is 358 g/mol. The lowest BCUT2D eigenvalue weighted by molar-refractivity contribution is -0.138. The molecule has 0 radical (unpaired) electrons. The molecule has 140 valence electrons. The molecule has 2 unspecified atom stereocenters. The molecule has 2 aliphatic heterocycles. The maximum atomic E-state index is 13.1. The molecule has 3 rings (SSSR count). The molecule has 2 aliphatic rings. The van der Waals surface area contributed by atoms with Crippen LogP contribution >= 0.6 is 0 Å². The Labute approximate surface area is 154 Å². The zero-order chi connectivity index (χ0) is 18.8. The molecule has 0 spiro atoms. The Morgan fingerprint density at radius 2 is 1.77 bits per heavy atom. The standard InChI is InChI=1S/C20H26N2O4/c1-5-10-22-19(23)17(15-8-6-7-9-16(15)25-4)18(20(22)24)21-11-13(2)26-14(3)12-21/h6-9,13-14H,5,10-12H2,1-4H3. The quantitative estimate of drug-likeness (QED) is 0.756. The number of morpholine rings is 1. The lowest BCUT2D eigenvalue weighted by Gasteiger charge is -2.37. The van der Waals surface area contributed by atoms with E-state index in [9.17, 15) is 9.59 Å². The van der Waals surface area contributed by atoms with Crippen molar-refractivity contribution in [3.63, 3.8) is 0 Å². The van der Waals surface area contributed by atoms with Crippen LogP contribution in [0.25, 0.3) is 5.57 Å². The van der Waals surface area contributed by atoms with Crippen molar-refractivity contribution in [3.8, 4) is 5.75 Å². The molecule has 1 aromatic rings. The summed E-state index contributed by atoms with van der Waals surface area (Å²) in [5.41, 5.74) is 1.56. The van der Waals surface area contributed by atoms with E-state index in [-0.39, 0.29) is 24.0 Å². The Morgan fingerprint density at radius 3 is 2.38 bits per heavy atom. The summed E-state index contributed by atoms with van der Waals surface area (Å²) < 4.78 is 11.3. The molecule has 0 N–H and O–H groups in total. The van der Waals surface area contributed by atoms with E-state index in [2.05, 4.69) is 0 Å². The van der Waals surface area contributed by atoms with E-state index in [1.807, 2.05) is 49.9 Å². The highest BCUT2D eigenvalue weighted by Gasteiger charge is 2.43. The van der Waals surface area contributed by atoms with E-state index >= 15 is 0 Å². The van der Waals surface area contributed by atoms with Gasteiger partial charge in [-0.1, -0.05) is 25.1 Å². The van der Waals surface area contributed by atoms with E-state index in [4.69, 9.17) is 9.47 Å². The molecule has 2 atom stereocenters. The first-order valence-electron chi connectivity index (χ1n) is 9.12. The number of carbonyl (C=O) groups excluding carboxylic acids is 2. The average Bonchev–Trinajstić information content (AvgIpc) is 2.85. The number of nitrogens with zero attached hydrogens (tertiary/aromatic N) is 2. The van der Waals surface area contributed by atoms with Crippen molar-refractivity contribution in [1.29, 1.82) is 0 Å². The summed E-state index contributed by atoms with van der Waals surface area (Å²) >= 11 is 0. The predicted octanol–water partition coefficient (Wildman–Crippen LogP) is 2.29. The van der Waals surface area contributed by atoms with Gasteiger partial charge in [-0.15, -0.1) is 0 Å². The smallest absolute Gasteiger partial charge is 0.277 e. The van der Waals surface area contributed by atoms with Crippen LogP contribution in [0.4, 0.5) is 0 Å². The number of ether oxygens (including phenoxy) is 2. The molecule has 2 amide bonds. The summed E-state index contributed by atoms with van der Waals surface area (Å²) in [7, 11) is 1.57. The number of imide groups is 1. The summed E-state index contributed by atoms with van der Waals surface area (Å²) in [6.07, 6.45) is 0.710. The van der Waals surface area contributed by atoms with Gasteiger partial charge in [-0.3, -0.25) is 14.5 Å². The number of amides is 2. The molecule has 1 fully saturated rings. The maximum Gasteiger partial charge on any atom is 0.277 e. The predicted molar refractivity (Wildman–Crippen MR) is 98.5 cm³/mol. The number of methoxy groups -OCH3 is 1. The van der Waals surface area contributed by atoms with Crippen LogP contribution in [0, 0.1) is 0 Å². The molecule has 6 nitrogen and oxygen atoms in total. The first-order chi connectivity index (χ1) is 12.5. The largest absolute Gasteiger partial charge is 0.496 e. The average molecular weight is 358 g/mol. The van der Waals surface area contributed by atoms with Gasteiger partial charge in [0, 0.05) is 25.2 Å². The van der Waals surface area contributed by atoms with Crippen molar-refractivity contribution in [2.24, 2.45) is 0 Å². The van der Waals surface area contributed by atoms with Crippen molar-refractivity contribution in [2.45, 2.75) is 39.4 Å². The van der Waals surface area contributed by atoms with Crippen molar-refractivity contribution in [1.82, 2.24) is 9.80 Å². The third-order valence-electron chi connectivity index (χ3n) is 4.70. The number of para-hydroxylation sites is 1. The fourth-order valence-corrected chi connectivity index (χ4v) is 3.74. The van der Waals surface area contributed by atoms with Gasteiger partial charge in [0.2, 0.25) is 0 Å². The normalized spacial score (nSPS) is 23.8. The first-order valence-corrected chi connectivity index (χ1v) is 9.12. The molecule has 0 aromatic heterocycles. The molecule has 6 heteroatoms. The number of rotatable bonds is 5. The molecule has 0 saturated carbocycles. The van der Waals surface area contributed by atoms with Gasteiger partial charge in [-0.05, 0) is 26.3 Å². The van der Waals surface area contributed by atoms with Crippen LogP contribution in [0.5, 0.6) is 5.75 Å².